The van der Waals surface area contributed by atoms with E-state index in [1.807, 2.05) is 169 Å². The van der Waals surface area contributed by atoms with Crippen molar-refractivity contribution in [3.8, 4) is 77.9 Å². The number of furan rings is 2. The van der Waals surface area contributed by atoms with Gasteiger partial charge in [0, 0.05) is 98.6 Å². The van der Waals surface area contributed by atoms with E-state index in [4.69, 9.17) is 8.83 Å². The first-order valence-corrected chi connectivity index (χ1v) is 49.8. The third kappa shape index (κ3) is 23.5. The van der Waals surface area contributed by atoms with Crippen LogP contribution in [0.25, 0.3) is 153 Å². The maximum absolute atomic E-state index is 6.13. The molecule has 26 aromatic rings. The Labute approximate surface area is 850 Å². The van der Waals surface area contributed by atoms with Gasteiger partial charge in [-0.1, -0.05) is 406 Å². The maximum Gasteiger partial charge on any atom is 0.135 e. The van der Waals surface area contributed by atoms with Gasteiger partial charge in [0.2, 0.25) is 0 Å². The smallest absolute Gasteiger partial charge is 0.135 e. The van der Waals surface area contributed by atoms with E-state index < -0.39 is 0 Å². The lowest BCUT2D eigenvalue weighted by Gasteiger charge is -2.15. The third-order valence-electron chi connectivity index (χ3n) is 25.6. The van der Waals surface area contributed by atoms with Gasteiger partial charge in [-0.25, -0.2) is 0 Å². The highest BCUT2D eigenvalue weighted by Gasteiger charge is 2.17. The monoisotopic (exact) mass is 1880 g/mol. The molecular weight excluding hydrogens is 1780 g/mol. The number of thiophene rings is 1. The van der Waals surface area contributed by atoms with Gasteiger partial charge in [-0.3, -0.25) is 0 Å². The minimum Gasteiger partial charge on any atom is -0.456 e. The highest BCUT2D eigenvalue weighted by Crippen LogP contribution is 2.43. The molecule has 0 amide bonds. The van der Waals surface area contributed by atoms with Crippen LogP contribution in [0.1, 0.15) is 11.1 Å². The molecule has 0 aliphatic heterocycles. The van der Waals surface area contributed by atoms with Crippen LogP contribution in [0.4, 0.5) is 56.9 Å². The molecule has 23 aromatic carbocycles. The lowest BCUT2D eigenvalue weighted by atomic mass is 9.92. The van der Waals surface area contributed by atoms with Gasteiger partial charge in [0.15, 0.2) is 0 Å². The molecule has 0 bridgehead atoms. The van der Waals surface area contributed by atoms with Crippen molar-refractivity contribution >= 4 is 143 Å². The summed E-state index contributed by atoms with van der Waals surface area (Å²) in [6.45, 7) is 0. The molecule has 26 rings (SSSR count). The van der Waals surface area contributed by atoms with Crippen molar-refractivity contribution in [2.45, 2.75) is 6.42 Å². The summed E-state index contributed by atoms with van der Waals surface area (Å²) in [5.41, 5.74) is 34.2. The van der Waals surface area contributed by atoms with Crippen molar-refractivity contribution < 1.29 is 8.83 Å². The number of nitrogens with one attached hydrogen (secondary N) is 5. The van der Waals surface area contributed by atoms with E-state index in [2.05, 4.69) is 451 Å². The molecule has 0 saturated heterocycles. The average Bonchev–Trinajstić information content (AvgIpc) is 1.65. The van der Waals surface area contributed by atoms with Crippen LogP contribution < -0.4 is 26.6 Å². The Morgan fingerprint density at radius 1 is 0.145 bits per heavy atom. The number of anilines is 10. The largest absolute Gasteiger partial charge is 0.456 e. The number of hydrogen-bond acceptors (Lipinski definition) is 8. The van der Waals surface area contributed by atoms with Crippen molar-refractivity contribution in [2.24, 2.45) is 0 Å². The molecule has 7 nitrogen and oxygen atoms in total. The molecule has 0 unspecified atom stereocenters. The van der Waals surface area contributed by atoms with Crippen molar-refractivity contribution in [1.29, 1.82) is 0 Å². The van der Waals surface area contributed by atoms with Gasteiger partial charge in [0.1, 0.15) is 22.3 Å². The number of fused-ring (bicyclic) bond motifs is 10. The molecule has 0 radical (unpaired) electrons. The summed E-state index contributed by atoms with van der Waals surface area (Å²) in [7, 11) is 0. The van der Waals surface area contributed by atoms with Crippen LogP contribution in [0, 0.1) is 0 Å². The molecule has 3 aromatic heterocycles. The lowest BCUT2D eigenvalue weighted by Crippen LogP contribution is -1.93. The van der Waals surface area contributed by atoms with Crippen LogP contribution in [0.2, 0.25) is 0 Å². The summed E-state index contributed by atoms with van der Waals surface area (Å²) < 4.78 is 14.7. The van der Waals surface area contributed by atoms with Gasteiger partial charge in [0.25, 0.3) is 0 Å². The Balaban J connectivity index is 0.000000107. The molecule has 145 heavy (non-hydrogen) atoms. The minimum absolute atomic E-state index is 0.904. The van der Waals surface area contributed by atoms with E-state index in [9.17, 15) is 0 Å². The molecule has 0 atom stereocenters. The fourth-order valence-electron chi connectivity index (χ4n) is 18.2. The molecule has 3 heterocycles. The summed E-state index contributed by atoms with van der Waals surface area (Å²) in [6, 6.07) is 203. The van der Waals surface area contributed by atoms with Gasteiger partial charge in [0.05, 0.1) is 0 Å². The van der Waals surface area contributed by atoms with Crippen molar-refractivity contribution in [3.63, 3.8) is 0 Å². The summed E-state index contributed by atoms with van der Waals surface area (Å²) >= 11 is 1.86. The van der Waals surface area contributed by atoms with Crippen LogP contribution >= 0.6 is 11.3 Å². The summed E-state index contributed by atoms with van der Waals surface area (Å²) in [5, 5.41) is 27.1. The zero-order chi connectivity index (χ0) is 97.3. The number of hydrogen-bond donors (Lipinski definition) is 5. The van der Waals surface area contributed by atoms with Gasteiger partial charge in [-0.05, 0) is 282 Å². The molecule has 5 N–H and O–H groups in total. The summed E-state index contributed by atoms with van der Waals surface area (Å²) in [6.07, 6.45) is 1.01. The van der Waals surface area contributed by atoms with Crippen LogP contribution in [0.5, 0.6) is 0 Å². The van der Waals surface area contributed by atoms with Gasteiger partial charge < -0.3 is 35.4 Å². The molecule has 0 spiro atoms. The molecular formula is C137H103N5O2S. The van der Waals surface area contributed by atoms with Gasteiger partial charge in [-0.2, -0.15) is 0 Å². The van der Waals surface area contributed by atoms with Crippen molar-refractivity contribution in [1.82, 2.24) is 0 Å². The van der Waals surface area contributed by atoms with E-state index in [1.54, 1.807) is 0 Å². The zero-order valence-electron chi connectivity index (χ0n) is 79.9. The van der Waals surface area contributed by atoms with Crippen LogP contribution in [-0.2, 0) is 6.42 Å². The third-order valence-corrected chi connectivity index (χ3v) is 26.7. The quantitative estimate of drug-likeness (QED) is 0.0551. The fourth-order valence-corrected chi connectivity index (χ4v) is 19.2. The number of benzene rings is 23. The first kappa shape index (κ1) is 92.5. The molecule has 8 heteroatoms. The predicted octanol–water partition coefficient (Wildman–Crippen LogP) is 39.4. The second kappa shape index (κ2) is 45.4. The molecule has 0 saturated carbocycles. The number of para-hydroxylation sites is 7. The highest BCUT2D eigenvalue weighted by molar-refractivity contribution is 7.25. The molecule has 0 aliphatic carbocycles. The Kier molecular flexibility index (Phi) is 28.9. The minimum atomic E-state index is 0.904. The topological polar surface area (TPSA) is 86.4 Å². The predicted molar refractivity (Wildman–Crippen MR) is 620 cm³/mol. The van der Waals surface area contributed by atoms with Gasteiger partial charge in [-0.15, -0.1) is 11.3 Å². The molecule has 0 aliphatic rings. The fraction of sp³-hybridized carbons (Fsp3) is 0.00730. The van der Waals surface area contributed by atoms with Gasteiger partial charge >= 0.3 is 0 Å². The van der Waals surface area contributed by atoms with Crippen molar-refractivity contribution in [2.75, 3.05) is 26.6 Å². The highest BCUT2D eigenvalue weighted by atomic mass is 32.1. The van der Waals surface area contributed by atoms with Crippen LogP contribution in [-0.4, -0.2) is 0 Å². The number of rotatable bonds is 19. The van der Waals surface area contributed by atoms with E-state index in [0.29, 0.717) is 0 Å². The van der Waals surface area contributed by atoms with Crippen molar-refractivity contribution in [3.05, 3.63) is 593 Å². The SMILES string of the molecule is c1ccc(-c2ccc(Nc3ccc(-c4ccc5oc6ccccc6c5c4)c(-c4ccc(-c5ccccc5)cc4)c3)cc2)cc1.c1ccc(Cc2ccc3ccccc3c2)cc1.c1ccc(Nc2ccc(-c3ccc4oc5ccccc5c4c3)cc2)cc1.c1ccc(Nc2ccc(-c3ccc4sc5ccccc5c4c3)cc2)cc1.c1ccc(Nc2ccc(-c3ccccc3)cc2)cc1.c1ccc(Nc2ccccc2)cc1. The Morgan fingerprint density at radius 3 is 0.862 bits per heavy atom. The normalized spacial score (nSPS) is 10.8. The van der Waals surface area contributed by atoms with E-state index >= 15 is 0 Å². The molecule has 694 valence electrons. The summed E-state index contributed by atoms with van der Waals surface area (Å²) in [5.74, 6) is 0. The van der Waals surface area contributed by atoms with Crippen LogP contribution in [0.3, 0.4) is 0 Å². The van der Waals surface area contributed by atoms with E-state index in [-0.39, 0.29) is 0 Å². The van der Waals surface area contributed by atoms with E-state index in [0.717, 1.165) is 113 Å². The second-order valence-electron chi connectivity index (χ2n) is 35.5. The Bertz CT molecular complexity index is 8470. The Hall–Kier alpha value is -18.9. The Morgan fingerprint density at radius 2 is 0.428 bits per heavy atom. The second-order valence-corrected chi connectivity index (χ2v) is 36.6. The van der Waals surface area contributed by atoms with Crippen LogP contribution in [0.15, 0.2) is 591 Å². The van der Waals surface area contributed by atoms with E-state index in [1.165, 1.54) is 114 Å². The maximum atomic E-state index is 6.13. The zero-order valence-corrected chi connectivity index (χ0v) is 80.7. The standard InChI is InChI=1S/C42H29NO.C24H17NO.C24H17NS.C18H15N.C17H14.C12H11N/c1-3-9-29(10-4-1)31-15-17-33(18-16-31)39-28-36(43-35-22-19-32(20-23-35)30-11-5-2-6-12-30)24-25-37(39)34-21-26-42-40(27-34)38-13-7-8-14-41(38)44-42;2*1-2-6-19(7-3-1)25-20-13-10-17(11-14-20)18-12-15-24-22(16-18)21-8-4-5-9-23(21)26-24;1-3-7-15(8-4-1)16-11-13-18(14-12-16)19-17-9-5-2-6-10-17;1-2-6-14(7-3-1)12-15-10-11-16-8-4-5-9-17(16)13-15;1-3-7-11(8-4-1)13-12-9-5-2-6-10-12/h1-28,43H;2*1-16,25H;1-14,19H;1-11,13H,12H2;1-10,13H. The first-order chi connectivity index (χ1) is 71.8. The first-order valence-electron chi connectivity index (χ1n) is 49.0. The molecule has 0 fully saturated rings. The summed E-state index contributed by atoms with van der Waals surface area (Å²) in [4.78, 5) is 0. The average molecular weight is 1880 g/mol. The lowest BCUT2D eigenvalue weighted by molar-refractivity contribution is 0.668.